The molecule has 0 aliphatic rings. The van der Waals surface area contributed by atoms with Crippen LogP contribution in [0.2, 0.25) is 0 Å². The van der Waals surface area contributed by atoms with Crippen LogP contribution in [0.1, 0.15) is 23.4 Å². The van der Waals surface area contributed by atoms with Crippen LogP contribution in [0.15, 0.2) is 47.8 Å². The van der Waals surface area contributed by atoms with Crippen molar-refractivity contribution in [3.63, 3.8) is 0 Å². The molecule has 5 heteroatoms. The van der Waals surface area contributed by atoms with E-state index < -0.39 is 12.0 Å². The van der Waals surface area contributed by atoms with Gasteiger partial charge in [0.05, 0.1) is 0 Å². The number of nitrogens with one attached hydrogen (secondary N) is 1. The molecule has 0 aliphatic heterocycles. The molecule has 0 saturated carbocycles. The number of thiophene rings is 1. The summed E-state index contributed by atoms with van der Waals surface area (Å²) in [6.45, 7) is 1.80. The van der Waals surface area contributed by atoms with E-state index in [1.54, 1.807) is 42.5 Å². The molecule has 2 unspecified atom stereocenters. The lowest BCUT2D eigenvalue weighted by atomic mass is 10.0. The van der Waals surface area contributed by atoms with Crippen molar-refractivity contribution < 1.29 is 14.7 Å². The van der Waals surface area contributed by atoms with E-state index in [1.807, 2.05) is 23.6 Å². The first-order valence-corrected chi connectivity index (χ1v) is 7.56. The second-order valence-corrected chi connectivity index (χ2v) is 5.91. The number of hydrogen-bond donors (Lipinski definition) is 2. The van der Waals surface area contributed by atoms with Gasteiger partial charge in [-0.05, 0) is 23.4 Å². The summed E-state index contributed by atoms with van der Waals surface area (Å²) in [7, 11) is 0. The van der Waals surface area contributed by atoms with Crippen LogP contribution in [0, 0.1) is 5.92 Å². The number of carbonyl (C=O) groups is 2. The number of rotatable bonds is 6. The molecule has 0 fully saturated rings. The molecular formula is C16H17NO3S. The highest BCUT2D eigenvalue weighted by molar-refractivity contribution is 7.09. The Morgan fingerprint density at radius 1 is 1.19 bits per heavy atom. The average molecular weight is 303 g/mol. The largest absolute Gasteiger partial charge is 0.479 e. The lowest BCUT2D eigenvalue weighted by Crippen LogP contribution is -2.37. The van der Waals surface area contributed by atoms with Gasteiger partial charge >= 0.3 is 5.97 Å². The van der Waals surface area contributed by atoms with Crippen molar-refractivity contribution in [2.24, 2.45) is 5.92 Å². The van der Waals surface area contributed by atoms with Crippen molar-refractivity contribution in [1.29, 1.82) is 0 Å². The van der Waals surface area contributed by atoms with Gasteiger partial charge in [-0.1, -0.05) is 43.3 Å². The van der Waals surface area contributed by atoms with Crippen LogP contribution < -0.4 is 5.32 Å². The van der Waals surface area contributed by atoms with Gasteiger partial charge < -0.3 is 10.4 Å². The second kappa shape index (κ2) is 7.04. The molecule has 0 radical (unpaired) electrons. The number of aliphatic carboxylic acids is 1. The number of carbonyl (C=O) groups excluding carboxylic acids is 1. The Balaban J connectivity index is 2.03. The van der Waals surface area contributed by atoms with Crippen LogP contribution in [0.5, 0.6) is 0 Å². The van der Waals surface area contributed by atoms with Crippen molar-refractivity contribution >= 4 is 23.2 Å². The second-order valence-electron chi connectivity index (χ2n) is 4.88. The summed E-state index contributed by atoms with van der Waals surface area (Å²) in [4.78, 5) is 24.7. The van der Waals surface area contributed by atoms with Crippen LogP contribution >= 0.6 is 11.3 Å². The highest BCUT2D eigenvalue weighted by Gasteiger charge is 2.24. The topological polar surface area (TPSA) is 66.4 Å². The third kappa shape index (κ3) is 4.16. The van der Waals surface area contributed by atoms with E-state index >= 15 is 0 Å². The number of carboxylic acids is 1. The molecule has 1 aromatic heterocycles. The Hall–Kier alpha value is -2.14. The summed E-state index contributed by atoms with van der Waals surface area (Å²) in [5.41, 5.74) is 0.571. The monoisotopic (exact) mass is 303 g/mol. The van der Waals surface area contributed by atoms with Crippen molar-refractivity contribution in [2.45, 2.75) is 19.4 Å². The van der Waals surface area contributed by atoms with Crippen LogP contribution in [-0.2, 0) is 16.0 Å². The van der Waals surface area contributed by atoms with Gasteiger partial charge in [0.2, 0.25) is 5.91 Å². The van der Waals surface area contributed by atoms with Gasteiger partial charge in [0.25, 0.3) is 0 Å². The minimum Gasteiger partial charge on any atom is -0.479 e. The van der Waals surface area contributed by atoms with Crippen molar-refractivity contribution in [3.8, 4) is 0 Å². The predicted octanol–water partition coefficient (Wildman–Crippen LogP) is 2.87. The lowest BCUT2D eigenvalue weighted by molar-refractivity contribution is -0.142. The molecule has 0 aliphatic carbocycles. The molecule has 0 saturated heterocycles. The van der Waals surface area contributed by atoms with Gasteiger partial charge in [-0.2, -0.15) is 0 Å². The average Bonchev–Trinajstić information content (AvgIpc) is 2.98. The van der Waals surface area contributed by atoms with E-state index in [-0.39, 0.29) is 11.8 Å². The van der Waals surface area contributed by atoms with Crippen molar-refractivity contribution in [2.75, 3.05) is 0 Å². The maximum absolute atomic E-state index is 12.2. The minimum absolute atomic E-state index is 0.250. The molecule has 4 nitrogen and oxygen atoms in total. The van der Waals surface area contributed by atoms with Crippen LogP contribution in [0.3, 0.4) is 0 Å². The highest BCUT2D eigenvalue weighted by atomic mass is 32.1. The number of hydrogen-bond acceptors (Lipinski definition) is 3. The van der Waals surface area contributed by atoms with Crippen LogP contribution in [0.4, 0.5) is 0 Å². The van der Waals surface area contributed by atoms with Gasteiger partial charge in [0.1, 0.15) is 0 Å². The third-order valence-electron chi connectivity index (χ3n) is 3.20. The first-order valence-electron chi connectivity index (χ1n) is 6.68. The zero-order valence-corrected chi connectivity index (χ0v) is 12.5. The molecule has 0 spiro atoms. The molecule has 2 aromatic rings. The summed E-state index contributed by atoms with van der Waals surface area (Å²) < 4.78 is 0. The standard InChI is InChI=1S/C16H17NO3S/c1-11(10-13-8-5-9-21-13)15(18)17-14(16(19)20)12-6-3-2-4-7-12/h2-9,11,14H,10H2,1H3,(H,17,18)(H,19,20). The van der Waals surface area contributed by atoms with E-state index in [0.29, 0.717) is 12.0 Å². The SMILES string of the molecule is CC(Cc1cccs1)C(=O)NC(C(=O)O)c1ccccc1. The summed E-state index contributed by atoms with van der Waals surface area (Å²) >= 11 is 1.59. The van der Waals surface area contributed by atoms with Crippen molar-refractivity contribution in [3.05, 3.63) is 58.3 Å². The normalized spacial score (nSPS) is 13.4. The lowest BCUT2D eigenvalue weighted by Gasteiger charge is -2.18. The minimum atomic E-state index is -1.06. The van der Waals surface area contributed by atoms with Gasteiger partial charge in [0, 0.05) is 10.8 Å². The van der Waals surface area contributed by atoms with E-state index in [2.05, 4.69) is 5.32 Å². The maximum atomic E-state index is 12.2. The fourth-order valence-corrected chi connectivity index (χ4v) is 2.88. The third-order valence-corrected chi connectivity index (χ3v) is 4.10. The quantitative estimate of drug-likeness (QED) is 0.862. The summed E-state index contributed by atoms with van der Waals surface area (Å²) in [6.07, 6.45) is 0.616. The number of amides is 1. The number of carboxylic acid groups (broad SMARTS) is 1. The van der Waals surface area contributed by atoms with Gasteiger partial charge in [0.15, 0.2) is 6.04 Å². The molecule has 2 N–H and O–H groups in total. The summed E-state index contributed by atoms with van der Waals surface area (Å²) in [5, 5.41) is 13.9. The first kappa shape index (κ1) is 15.3. The molecule has 1 heterocycles. The number of benzene rings is 1. The van der Waals surface area contributed by atoms with E-state index in [9.17, 15) is 14.7 Å². The molecule has 1 aromatic carbocycles. The highest BCUT2D eigenvalue weighted by Crippen LogP contribution is 2.17. The molecule has 21 heavy (non-hydrogen) atoms. The zero-order valence-electron chi connectivity index (χ0n) is 11.7. The molecule has 2 rings (SSSR count). The van der Waals surface area contributed by atoms with Crippen LogP contribution in [0.25, 0.3) is 0 Å². The fourth-order valence-electron chi connectivity index (χ4n) is 2.04. The van der Waals surface area contributed by atoms with E-state index in [4.69, 9.17) is 0 Å². The zero-order chi connectivity index (χ0) is 15.2. The molecular weight excluding hydrogens is 286 g/mol. The summed E-state index contributed by atoms with van der Waals surface area (Å²) in [5.74, 6) is -1.58. The Morgan fingerprint density at radius 2 is 1.90 bits per heavy atom. The molecule has 0 bridgehead atoms. The van der Waals surface area contributed by atoms with Crippen molar-refractivity contribution in [1.82, 2.24) is 5.32 Å². The Labute approximate surface area is 127 Å². The van der Waals surface area contributed by atoms with E-state index in [0.717, 1.165) is 4.88 Å². The van der Waals surface area contributed by atoms with Gasteiger partial charge in [-0.15, -0.1) is 11.3 Å². The van der Waals surface area contributed by atoms with Crippen LogP contribution in [-0.4, -0.2) is 17.0 Å². The van der Waals surface area contributed by atoms with Gasteiger partial charge in [-0.25, -0.2) is 4.79 Å². The van der Waals surface area contributed by atoms with Gasteiger partial charge in [-0.3, -0.25) is 4.79 Å². The summed E-state index contributed by atoms with van der Waals surface area (Å²) in [6, 6.07) is 11.6. The maximum Gasteiger partial charge on any atom is 0.330 e. The Bertz CT molecular complexity index is 595. The smallest absolute Gasteiger partial charge is 0.330 e. The van der Waals surface area contributed by atoms with E-state index in [1.165, 1.54) is 0 Å². The molecule has 110 valence electrons. The Morgan fingerprint density at radius 3 is 2.48 bits per heavy atom. The Kier molecular flexibility index (Phi) is 5.11. The molecule has 2 atom stereocenters. The fraction of sp³-hybridized carbons (Fsp3) is 0.250. The predicted molar refractivity (Wildman–Crippen MR) is 82.1 cm³/mol. The molecule has 1 amide bonds. The first-order chi connectivity index (χ1) is 10.1.